The molecule has 6 nitrogen and oxygen atoms in total. The summed E-state index contributed by atoms with van der Waals surface area (Å²) < 4.78 is 10.6. The average molecular weight is 438 g/mol. The molecule has 1 spiro atoms. The Hall–Kier alpha value is -2.80. The van der Waals surface area contributed by atoms with Gasteiger partial charge in [-0.05, 0) is 25.7 Å². The van der Waals surface area contributed by atoms with Gasteiger partial charge in [-0.2, -0.15) is 0 Å². The molecule has 1 saturated carbocycles. The molecule has 1 N–H and O–H groups in total. The number of thioether (sulfide) groups is 1. The van der Waals surface area contributed by atoms with Crippen molar-refractivity contribution in [3.8, 4) is 11.5 Å². The molecule has 2 aromatic rings. The molecule has 0 bridgehead atoms. The van der Waals surface area contributed by atoms with Crippen LogP contribution in [0, 0.1) is 0 Å². The van der Waals surface area contributed by atoms with Crippen molar-refractivity contribution in [1.82, 2.24) is 0 Å². The van der Waals surface area contributed by atoms with E-state index in [1.807, 2.05) is 18.2 Å². The Kier molecular flexibility index (Phi) is 6.61. The number of rotatable bonds is 6. The minimum atomic E-state index is -0.345. The number of hydrogen-bond acceptors (Lipinski definition) is 6. The molecule has 0 radical (unpaired) electrons. The smallest absolute Gasteiger partial charge is 0.234 e. The van der Waals surface area contributed by atoms with Gasteiger partial charge < -0.3 is 14.8 Å². The number of aliphatic imine (C=N–C) groups is 2. The quantitative estimate of drug-likeness (QED) is 0.695. The first-order valence-corrected chi connectivity index (χ1v) is 11.5. The maximum Gasteiger partial charge on any atom is 0.234 e. The topological polar surface area (TPSA) is 72.3 Å². The molecule has 2 aliphatic rings. The predicted molar refractivity (Wildman–Crippen MR) is 127 cm³/mol. The minimum Gasteiger partial charge on any atom is -0.497 e. The molecule has 0 saturated heterocycles. The lowest BCUT2D eigenvalue weighted by atomic mass is 9.90. The number of hydrogen-bond donors (Lipinski definition) is 1. The maximum atomic E-state index is 12.7. The lowest BCUT2D eigenvalue weighted by Crippen LogP contribution is -2.25. The molecule has 1 aliphatic heterocycles. The van der Waals surface area contributed by atoms with E-state index in [0.717, 1.165) is 42.0 Å². The number of nitrogens with zero attached hydrogens (tertiary/aromatic N) is 2. The van der Waals surface area contributed by atoms with Crippen LogP contribution in [0.2, 0.25) is 0 Å². The molecule has 4 rings (SSSR count). The van der Waals surface area contributed by atoms with Gasteiger partial charge >= 0.3 is 0 Å². The molecule has 1 fully saturated rings. The molecular weight excluding hydrogens is 410 g/mol. The first kappa shape index (κ1) is 21.4. The van der Waals surface area contributed by atoms with E-state index in [0.29, 0.717) is 17.2 Å². The van der Waals surface area contributed by atoms with Crippen LogP contribution in [-0.2, 0) is 4.79 Å². The number of carbonyl (C=O) groups is 1. The summed E-state index contributed by atoms with van der Waals surface area (Å²) in [5.41, 5.74) is 2.25. The summed E-state index contributed by atoms with van der Waals surface area (Å²) in [6.07, 6.45) is 5.48. The van der Waals surface area contributed by atoms with E-state index in [-0.39, 0.29) is 17.3 Å². The summed E-state index contributed by atoms with van der Waals surface area (Å²) in [4.78, 5) is 22.8. The average Bonchev–Trinajstić information content (AvgIpc) is 3.16. The van der Waals surface area contributed by atoms with Gasteiger partial charge in [0.1, 0.15) is 16.5 Å². The maximum absolute atomic E-state index is 12.7. The van der Waals surface area contributed by atoms with Crippen molar-refractivity contribution in [1.29, 1.82) is 0 Å². The van der Waals surface area contributed by atoms with E-state index < -0.39 is 0 Å². The highest BCUT2D eigenvalue weighted by atomic mass is 32.2. The Morgan fingerprint density at radius 2 is 1.68 bits per heavy atom. The van der Waals surface area contributed by atoms with E-state index >= 15 is 0 Å². The van der Waals surface area contributed by atoms with E-state index in [1.165, 1.54) is 18.2 Å². The number of methoxy groups -OCH3 is 2. The normalized spacial score (nSPS) is 17.1. The standard InChI is InChI=1S/C24H27N3O3S/c1-29-19-13-18(14-20(15-19)30-2)25-21(28)16-31-23-22(17-9-5-3-6-10-17)26-24(27-23)11-7-4-8-12-24/h3,5-6,9-10,13-15H,4,7-8,11-12,16H2,1-2H3,(H,25,28). The Morgan fingerprint density at radius 3 is 2.32 bits per heavy atom. The third-order valence-electron chi connectivity index (χ3n) is 5.51. The van der Waals surface area contributed by atoms with Crippen molar-refractivity contribution in [3.05, 3.63) is 54.1 Å². The molecule has 1 heterocycles. The number of ether oxygens (including phenoxy) is 2. The van der Waals surface area contributed by atoms with Gasteiger partial charge in [0.25, 0.3) is 0 Å². The molecule has 2 aromatic carbocycles. The monoisotopic (exact) mass is 437 g/mol. The highest BCUT2D eigenvalue weighted by Gasteiger charge is 2.37. The van der Waals surface area contributed by atoms with Crippen LogP contribution in [0.25, 0.3) is 0 Å². The lowest BCUT2D eigenvalue weighted by molar-refractivity contribution is -0.113. The zero-order valence-electron chi connectivity index (χ0n) is 17.9. The van der Waals surface area contributed by atoms with Gasteiger partial charge in [0.15, 0.2) is 5.66 Å². The first-order chi connectivity index (χ1) is 15.1. The number of amides is 1. The van der Waals surface area contributed by atoms with Crippen molar-refractivity contribution in [3.63, 3.8) is 0 Å². The van der Waals surface area contributed by atoms with Crippen LogP contribution < -0.4 is 14.8 Å². The van der Waals surface area contributed by atoms with Gasteiger partial charge in [0.2, 0.25) is 5.91 Å². The fourth-order valence-electron chi connectivity index (χ4n) is 3.96. The van der Waals surface area contributed by atoms with E-state index in [1.54, 1.807) is 32.4 Å². The SMILES string of the molecule is COc1cc(NC(=O)CSC2=NC3(CCCCC3)N=C2c2ccccc2)cc(OC)c1. The van der Waals surface area contributed by atoms with Crippen LogP contribution >= 0.6 is 11.8 Å². The third kappa shape index (κ3) is 5.10. The second-order valence-electron chi connectivity index (χ2n) is 7.72. The second-order valence-corrected chi connectivity index (χ2v) is 8.69. The Morgan fingerprint density at radius 1 is 1.00 bits per heavy atom. The van der Waals surface area contributed by atoms with Crippen molar-refractivity contribution in [2.45, 2.75) is 37.8 Å². The molecule has 0 unspecified atom stereocenters. The highest BCUT2D eigenvalue weighted by Crippen LogP contribution is 2.38. The summed E-state index contributed by atoms with van der Waals surface area (Å²) >= 11 is 1.45. The minimum absolute atomic E-state index is 0.111. The predicted octanol–water partition coefficient (Wildman–Crippen LogP) is 4.94. The van der Waals surface area contributed by atoms with Crippen LogP contribution in [0.5, 0.6) is 11.5 Å². The van der Waals surface area contributed by atoms with Gasteiger partial charge in [0.05, 0.1) is 25.7 Å². The van der Waals surface area contributed by atoms with Gasteiger partial charge in [-0.3, -0.25) is 9.79 Å². The Labute approximate surface area is 187 Å². The zero-order valence-corrected chi connectivity index (χ0v) is 18.7. The van der Waals surface area contributed by atoms with Crippen LogP contribution in [0.15, 0.2) is 58.5 Å². The summed E-state index contributed by atoms with van der Waals surface area (Å²) in [6, 6.07) is 15.4. The summed E-state index contributed by atoms with van der Waals surface area (Å²) in [6.45, 7) is 0. The fraction of sp³-hybridized carbons (Fsp3) is 0.375. The van der Waals surface area contributed by atoms with Crippen molar-refractivity contribution < 1.29 is 14.3 Å². The second kappa shape index (κ2) is 9.56. The molecule has 1 aliphatic carbocycles. The van der Waals surface area contributed by atoms with Crippen molar-refractivity contribution in [2.75, 3.05) is 25.3 Å². The molecule has 0 aromatic heterocycles. The third-order valence-corrected chi connectivity index (χ3v) is 6.47. The summed E-state index contributed by atoms with van der Waals surface area (Å²) in [5, 5.41) is 3.78. The Balaban J connectivity index is 1.48. The largest absolute Gasteiger partial charge is 0.497 e. The van der Waals surface area contributed by atoms with Crippen LogP contribution in [0.3, 0.4) is 0 Å². The van der Waals surface area contributed by atoms with Gasteiger partial charge in [-0.15, -0.1) is 0 Å². The fourth-order valence-corrected chi connectivity index (χ4v) is 4.83. The van der Waals surface area contributed by atoms with E-state index in [2.05, 4.69) is 17.4 Å². The summed E-state index contributed by atoms with van der Waals surface area (Å²) in [7, 11) is 3.17. The molecule has 31 heavy (non-hydrogen) atoms. The molecular formula is C24H27N3O3S. The van der Waals surface area contributed by atoms with Crippen molar-refractivity contribution >= 4 is 34.1 Å². The van der Waals surface area contributed by atoms with Crippen molar-refractivity contribution in [2.24, 2.45) is 9.98 Å². The van der Waals surface area contributed by atoms with Gasteiger partial charge in [0, 0.05) is 29.4 Å². The van der Waals surface area contributed by atoms with Crippen LogP contribution in [-0.4, -0.2) is 42.3 Å². The van der Waals surface area contributed by atoms with E-state index in [9.17, 15) is 4.79 Å². The highest BCUT2D eigenvalue weighted by molar-refractivity contribution is 8.16. The lowest BCUT2D eigenvalue weighted by Gasteiger charge is -2.27. The van der Waals surface area contributed by atoms with Crippen LogP contribution in [0.1, 0.15) is 37.7 Å². The van der Waals surface area contributed by atoms with Crippen LogP contribution in [0.4, 0.5) is 5.69 Å². The first-order valence-electron chi connectivity index (χ1n) is 10.5. The number of benzene rings is 2. The number of anilines is 1. The number of nitrogens with one attached hydrogen (secondary N) is 1. The number of carbonyl (C=O) groups excluding carboxylic acids is 1. The molecule has 7 heteroatoms. The Bertz CT molecular complexity index is 976. The molecule has 1 amide bonds. The van der Waals surface area contributed by atoms with E-state index in [4.69, 9.17) is 19.5 Å². The zero-order chi connectivity index (χ0) is 21.7. The summed E-state index contributed by atoms with van der Waals surface area (Å²) in [5.74, 6) is 1.39. The van der Waals surface area contributed by atoms with Gasteiger partial charge in [-0.1, -0.05) is 48.5 Å². The molecule has 162 valence electrons. The molecule has 0 atom stereocenters. The van der Waals surface area contributed by atoms with Gasteiger partial charge in [-0.25, -0.2) is 4.99 Å².